The summed E-state index contributed by atoms with van der Waals surface area (Å²) in [6.07, 6.45) is 0. The molecule has 0 saturated heterocycles. The van der Waals surface area contributed by atoms with Crippen LogP contribution in [-0.2, 0) is 4.74 Å². The van der Waals surface area contributed by atoms with Gasteiger partial charge in [0.15, 0.2) is 0 Å². The molecule has 0 spiro atoms. The maximum Gasteiger partial charge on any atom is 0.257 e. The largest absolute Gasteiger partial charge is 0.496 e. The number of anilines is 1. The Morgan fingerprint density at radius 2 is 2.10 bits per heavy atom. The first kappa shape index (κ1) is 16.3. The number of hydrogen-bond donors (Lipinski definition) is 2. The van der Waals surface area contributed by atoms with E-state index in [0.29, 0.717) is 30.2 Å². The molecule has 0 fully saturated rings. The topological polar surface area (TPSA) is 76.8 Å². The summed E-state index contributed by atoms with van der Waals surface area (Å²) in [5, 5.41) is 2.84. The molecule has 6 nitrogen and oxygen atoms in total. The molecular weight excluding hydrogens is 258 g/mol. The molecule has 0 atom stereocenters. The van der Waals surface area contributed by atoms with Crippen LogP contribution < -0.4 is 15.8 Å². The van der Waals surface area contributed by atoms with Gasteiger partial charge >= 0.3 is 0 Å². The Morgan fingerprint density at radius 3 is 2.75 bits per heavy atom. The van der Waals surface area contributed by atoms with Crippen LogP contribution in [0.1, 0.15) is 10.4 Å². The molecule has 6 heteroatoms. The predicted octanol–water partition coefficient (Wildman–Crippen LogP) is 0.585. The Hall–Kier alpha value is -1.79. The second-order valence-electron chi connectivity index (χ2n) is 4.48. The normalized spacial score (nSPS) is 10.6. The van der Waals surface area contributed by atoms with Crippen LogP contribution in [0.2, 0.25) is 0 Å². The number of rotatable bonds is 8. The molecule has 112 valence electrons. The number of carbonyl (C=O) groups excluding carboxylic acids is 1. The summed E-state index contributed by atoms with van der Waals surface area (Å²) >= 11 is 0. The lowest BCUT2D eigenvalue weighted by Crippen LogP contribution is -2.34. The summed E-state index contributed by atoms with van der Waals surface area (Å²) in [5.41, 5.74) is 6.62. The fraction of sp³-hybridized carbons (Fsp3) is 0.500. The number of nitrogen functional groups attached to an aromatic ring is 1. The van der Waals surface area contributed by atoms with Gasteiger partial charge in [0.05, 0.1) is 13.7 Å². The SMILES string of the molecule is COCCN(C)CCNC(=O)c1c(N)cccc1OC. The van der Waals surface area contributed by atoms with Gasteiger partial charge in [0.25, 0.3) is 5.91 Å². The molecule has 0 aliphatic carbocycles. The van der Waals surface area contributed by atoms with E-state index >= 15 is 0 Å². The summed E-state index contributed by atoms with van der Waals surface area (Å²) < 4.78 is 10.2. The lowest BCUT2D eigenvalue weighted by Gasteiger charge is -2.17. The molecule has 1 amide bonds. The van der Waals surface area contributed by atoms with Crippen molar-refractivity contribution in [3.63, 3.8) is 0 Å². The molecule has 1 rings (SSSR count). The Balaban J connectivity index is 2.51. The second-order valence-corrected chi connectivity index (χ2v) is 4.48. The molecule has 0 aromatic heterocycles. The van der Waals surface area contributed by atoms with Gasteiger partial charge in [-0.25, -0.2) is 0 Å². The molecule has 0 radical (unpaired) electrons. The maximum absolute atomic E-state index is 12.1. The van der Waals surface area contributed by atoms with Crippen molar-refractivity contribution in [3.05, 3.63) is 23.8 Å². The van der Waals surface area contributed by atoms with Gasteiger partial charge in [0.2, 0.25) is 0 Å². The highest BCUT2D eigenvalue weighted by atomic mass is 16.5. The molecule has 0 saturated carbocycles. The highest BCUT2D eigenvalue weighted by Gasteiger charge is 2.15. The number of amides is 1. The predicted molar refractivity (Wildman–Crippen MR) is 79.1 cm³/mol. The van der Waals surface area contributed by atoms with Crippen LogP contribution >= 0.6 is 0 Å². The van der Waals surface area contributed by atoms with Crippen molar-refractivity contribution in [2.24, 2.45) is 0 Å². The monoisotopic (exact) mass is 281 g/mol. The van der Waals surface area contributed by atoms with Crippen LogP contribution in [0.5, 0.6) is 5.75 Å². The van der Waals surface area contributed by atoms with Gasteiger partial charge in [-0.3, -0.25) is 4.79 Å². The summed E-state index contributed by atoms with van der Waals surface area (Å²) in [7, 11) is 5.16. The molecule has 0 aliphatic rings. The van der Waals surface area contributed by atoms with Crippen molar-refractivity contribution >= 4 is 11.6 Å². The van der Waals surface area contributed by atoms with Gasteiger partial charge in [0, 0.05) is 32.4 Å². The lowest BCUT2D eigenvalue weighted by molar-refractivity contribution is 0.0945. The number of nitrogens with two attached hydrogens (primary N) is 1. The van der Waals surface area contributed by atoms with Crippen molar-refractivity contribution in [2.75, 3.05) is 53.2 Å². The summed E-state index contributed by atoms with van der Waals surface area (Å²) in [6.45, 7) is 2.77. The Morgan fingerprint density at radius 1 is 1.35 bits per heavy atom. The van der Waals surface area contributed by atoms with Gasteiger partial charge in [-0.1, -0.05) is 6.07 Å². The third-order valence-electron chi connectivity index (χ3n) is 2.96. The number of carbonyl (C=O) groups is 1. The number of likely N-dealkylation sites (N-methyl/N-ethyl adjacent to an activating group) is 1. The first-order valence-corrected chi connectivity index (χ1v) is 6.48. The molecule has 3 N–H and O–H groups in total. The number of benzene rings is 1. The van der Waals surface area contributed by atoms with E-state index in [1.54, 1.807) is 25.3 Å². The minimum Gasteiger partial charge on any atom is -0.496 e. The van der Waals surface area contributed by atoms with E-state index in [0.717, 1.165) is 13.1 Å². The van der Waals surface area contributed by atoms with Gasteiger partial charge in [-0.2, -0.15) is 0 Å². The van der Waals surface area contributed by atoms with E-state index in [1.807, 2.05) is 7.05 Å². The minimum absolute atomic E-state index is 0.222. The zero-order valence-corrected chi connectivity index (χ0v) is 12.3. The van der Waals surface area contributed by atoms with Crippen LogP contribution in [-0.4, -0.2) is 58.3 Å². The Kier molecular flexibility index (Phi) is 6.83. The fourth-order valence-electron chi connectivity index (χ4n) is 1.77. The first-order chi connectivity index (χ1) is 9.60. The zero-order chi connectivity index (χ0) is 15.0. The minimum atomic E-state index is -0.222. The molecule has 0 bridgehead atoms. The molecular formula is C14H23N3O3. The van der Waals surface area contributed by atoms with Crippen molar-refractivity contribution in [2.45, 2.75) is 0 Å². The Labute approximate surface area is 119 Å². The fourth-order valence-corrected chi connectivity index (χ4v) is 1.77. The van der Waals surface area contributed by atoms with Crippen molar-refractivity contribution in [1.82, 2.24) is 10.2 Å². The van der Waals surface area contributed by atoms with E-state index in [1.165, 1.54) is 7.11 Å². The third kappa shape index (κ3) is 4.71. The summed E-state index contributed by atoms with van der Waals surface area (Å²) in [4.78, 5) is 14.2. The van der Waals surface area contributed by atoms with E-state index in [-0.39, 0.29) is 5.91 Å². The van der Waals surface area contributed by atoms with Crippen LogP contribution in [0.25, 0.3) is 0 Å². The molecule has 1 aromatic carbocycles. The van der Waals surface area contributed by atoms with Gasteiger partial charge in [-0.15, -0.1) is 0 Å². The van der Waals surface area contributed by atoms with Crippen LogP contribution in [0.3, 0.4) is 0 Å². The molecule has 1 aromatic rings. The lowest BCUT2D eigenvalue weighted by atomic mass is 10.1. The maximum atomic E-state index is 12.1. The van der Waals surface area contributed by atoms with Crippen LogP contribution in [0.4, 0.5) is 5.69 Å². The summed E-state index contributed by atoms with van der Waals surface area (Å²) in [5.74, 6) is 0.260. The number of nitrogens with zero attached hydrogens (tertiary/aromatic N) is 1. The smallest absolute Gasteiger partial charge is 0.257 e. The van der Waals surface area contributed by atoms with Crippen molar-refractivity contribution < 1.29 is 14.3 Å². The van der Waals surface area contributed by atoms with E-state index in [4.69, 9.17) is 15.2 Å². The average molecular weight is 281 g/mol. The molecule has 20 heavy (non-hydrogen) atoms. The van der Waals surface area contributed by atoms with E-state index < -0.39 is 0 Å². The number of hydrogen-bond acceptors (Lipinski definition) is 5. The summed E-state index contributed by atoms with van der Waals surface area (Å²) in [6, 6.07) is 5.15. The average Bonchev–Trinajstić information content (AvgIpc) is 2.44. The molecule has 0 unspecified atom stereocenters. The number of ether oxygens (including phenoxy) is 2. The number of nitrogens with one attached hydrogen (secondary N) is 1. The second kappa shape index (κ2) is 8.39. The van der Waals surface area contributed by atoms with Gasteiger partial charge in [-0.05, 0) is 19.2 Å². The van der Waals surface area contributed by atoms with Crippen molar-refractivity contribution in [1.29, 1.82) is 0 Å². The van der Waals surface area contributed by atoms with Gasteiger partial charge < -0.3 is 25.4 Å². The van der Waals surface area contributed by atoms with E-state index in [9.17, 15) is 4.79 Å². The Bertz CT molecular complexity index is 438. The highest BCUT2D eigenvalue weighted by molar-refractivity contribution is 6.01. The number of methoxy groups -OCH3 is 2. The van der Waals surface area contributed by atoms with Crippen LogP contribution in [0, 0.1) is 0 Å². The quantitative estimate of drug-likeness (QED) is 0.682. The zero-order valence-electron chi connectivity index (χ0n) is 12.3. The first-order valence-electron chi connectivity index (χ1n) is 6.48. The molecule has 0 heterocycles. The van der Waals surface area contributed by atoms with Crippen molar-refractivity contribution in [3.8, 4) is 5.75 Å². The molecule has 0 aliphatic heterocycles. The standard InChI is InChI=1S/C14H23N3O3/c1-17(9-10-19-2)8-7-16-14(18)13-11(15)5-4-6-12(13)20-3/h4-6H,7-10,15H2,1-3H3,(H,16,18). The highest BCUT2D eigenvalue weighted by Crippen LogP contribution is 2.23. The third-order valence-corrected chi connectivity index (χ3v) is 2.96. The van der Waals surface area contributed by atoms with E-state index in [2.05, 4.69) is 10.2 Å². The van der Waals surface area contributed by atoms with Crippen LogP contribution in [0.15, 0.2) is 18.2 Å². The van der Waals surface area contributed by atoms with Gasteiger partial charge in [0.1, 0.15) is 11.3 Å².